The van der Waals surface area contributed by atoms with Crippen molar-refractivity contribution < 1.29 is 0 Å². The number of hydrogen-bond donors (Lipinski definition) is 2. The van der Waals surface area contributed by atoms with Gasteiger partial charge in [0.2, 0.25) is 0 Å². The van der Waals surface area contributed by atoms with Gasteiger partial charge in [0.1, 0.15) is 5.82 Å². The molecule has 3 rings (SSSR count). The molecule has 2 aromatic heterocycles. The Morgan fingerprint density at radius 2 is 1.75 bits per heavy atom. The molecular formula is C22H29Br3N6S. The van der Waals surface area contributed by atoms with E-state index in [1.54, 1.807) is 6.20 Å². The summed E-state index contributed by atoms with van der Waals surface area (Å²) in [7, 11) is 0. The van der Waals surface area contributed by atoms with Crippen LogP contribution in [0.15, 0.2) is 71.9 Å². The lowest BCUT2D eigenvalue weighted by atomic mass is 10.2. The lowest BCUT2D eigenvalue weighted by Gasteiger charge is -2.24. The van der Waals surface area contributed by atoms with Gasteiger partial charge in [-0.25, -0.2) is 9.97 Å². The van der Waals surface area contributed by atoms with E-state index < -0.39 is 0 Å². The molecule has 6 nitrogen and oxygen atoms in total. The number of hydrogen-bond acceptors (Lipinski definition) is 4. The van der Waals surface area contributed by atoms with E-state index in [9.17, 15) is 0 Å². The standard InChI is InChI=1S/C22H27BrN6S.2BrH/c23-20-8-6-19(7-9-20)17-29(21-5-1-2-10-25-21)15-4-12-27-22(30)26-11-3-14-28-16-13-24-18-28;;/h1-2,5-10,13,16,18H,3-4,11-12,14-15,17H2,(H2,26,27,30);2*1H. The van der Waals surface area contributed by atoms with Gasteiger partial charge in [-0.2, -0.15) is 0 Å². The van der Waals surface area contributed by atoms with Crippen LogP contribution in [0.4, 0.5) is 5.82 Å². The zero-order chi connectivity index (χ0) is 21.0. The van der Waals surface area contributed by atoms with Crippen molar-refractivity contribution in [2.24, 2.45) is 0 Å². The molecule has 0 bridgehead atoms. The highest BCUT2D eigenvalue weighted by molar-refractivity contribution is 9.10. The fraction of sp³-hybridized carbons (Fsp3) is 0.318. The van der Waals surface area contributed by atoms with Crippen molar-refractivity contribution in [3.63, 3.8) is 0 Å². The lowest BCUT2D eigenvalue weighted by Crippen LogP contribution is -2.37. The Hall–Kier alpha value is -1.49. The summed E-state index contributed by atoms with van der Waals surface area (Å²) in [6.07, 6.45) is 9.40. The Morgan fingerprint density at radius 1 is 1.00 bits per heavy atom. The van der Waals surface area contributed by atoms with Crippen molar-refractivity contribution in [1.29, 1.82) is 0 Å². The Morgan fingerprint density at radius 3 is 2.41 bits per heavy atom. The number of aryl methyl sites for hydroxylation is 1. The monoisotopic (exact) mass is 646 g/mol. The molecule has 0 amide bonds. The highest BCUT2D eigenvalue weighted by Crippen LogP contribution is 2.16. The number of nitrogens with zero attached hydrogens (tertiary/aromatic N) is 4. The number of nitrogens with one attached hydrogen (secondary N) is 2. The molecule has 2 heterocycles. The smallest absolute Gasteiger partial charge is 0.166 e. The van der Waals surface area contributed by atoms with Crippen molar-refractivity contribution >= 4 is 73.0 Å². The first-order valence-electron chi connectivity index (χ1n) is 10.1. The topological polar surface area (TPSA) is 58.0 Å². The summed E-state index contributed by atoms with van der Waals surface area (Å²) < 4.78 is 3.15. The molecule has 0 atom stereocenters. The van der Waals surface area contributed by atoms with E-state index in [4.69, 9.17) is 12.2 Å². The van der Waals surface area contributed by atoms with Crippen LogP contribution in [0.1, 0.15) is 18.4 Å². The molecule has 0 saturated heterocycles. The number of anilines is 1. The minimum Gasteiger partial charge on any atom is -0.363 e. The van der Waals surface area contributed by atoms with Gasteiger partial charge in [0.05, 0.1) is 6.33 Å². The Labute approximate surface area is 224 Å². The molecule has 1 aromatic carbocycles. The van der Waals surface area contributed by atoms with E-state index in [0.717, 1.165) is 55.9 Å². The average Bonchev–Trinajstić information content (AvgIpc) is 3.29. The van der Waals surface area contributed by atoms with Gasteiger partial charge >= 0.3 is 0 Å². The highest BCUT2D eigenvalue weighted by atomic mass is 79.9. The average molecular weight is 649 g/mol. The predicted molar refractivity (Wildman–Crippen MR) is 150 cm³/mol. The molecular weight excluding hydrogens is 620 g/mol. The maximum Gasteiger partial charge on any atom is 0.166 e. The van der Waals surface area contributed by atoms with Crippen molar-refractivity contribution in [3.05, 3.63) is 77.4 Å². The Balaban J connectivity index is 0.00000256. The number of rotatable bonds is 11. The molecule has 174 valence electrons. The van der Waals surface area contributed by atoms with E-state index in [1.807, 2.05) is 30.9 Å². The second kappa shape index (κ2) is 16.2. The van der Waals surface area contributed by atoms with Gasteiger partial charge in [-0.15, -0.1) is 34.0 Å². The molecule has 0 spiro atoms. The van der Waals surface area contributed by atoms with Crippen LogP contribution in [0.3, 0.4) is 0 Å². The normalized spacial score (nSPS) is 9.91. The lowest BCUT2D eigenvalue weighted by molar-refractivity contribution is 0.625. The van der Waals surface area contributed by atoms with Crippen molar-refractivity contribution in [3.8, 4) is 0 Å². The molecule has 0 radical (unpaired) electrons. The summed E-state index contributed by atoms with van der Waals surface area (Å²) in [6.45, 7) is 4.31. The number of halogens is 3. The fourth-order valence-corrected chi connectivity index (χ4v) is 3.51. The maximum atomic E-state index is 5.39. The molecule has 3 aromatic rings. The Bertz CT molecular complexity index is 878. The SMILES string of the molecule is Br.Br.S=C(NCCCN(Cc1ccc(Br)cc1)c1ccccn1)NCCCn1ccnc1. The largest absolute Gasteiger partial charge is 0.363 e. The van der Waals surface area contributed by atoms with Crippen molar-refractivity contribution in [1.82, 2.24) is 25.2 Å². The van der Waals surface area contributed by atoms with E-state index in [2.05, 4.69) is 76.3 Å². The molecule has 0 aliphatic rings. The molecule has 0 fully saturated rings. The maximum absolute atomic E-state index is 5.39. The fourth-order valence-electron chi connectivity index (χ4n) is 3.04. The predicted octanol–water partition coefficient (Wildman–Crippen LogP) is 5.15. The zero-order valence-electron chi connectivity index (χ0n) is 17.7. The van der Waals surface area contributed by atoms with E-state index in [0.29, 0.717) is 5.11 Å². The van der Waals surface area contributed by atoms with Gasteiger partial charge in [-0.1, -0.05) is 34.1 Å². The summed E-state index contributed by atoms with van der Waals surface area (Å²) >= 11 is 8.88. The molecule has 0 aliphatic heterocycles. The van der Waals surface area contributed by atoms with Gasteiger partial charge < -0.3 is 20.1 Å². The van der Waals surface area contributed by atoms with Crippen LogP contribution in [0.25, 0.3) is 0 Å². The number of imidazole rings is 1. The second-order valence-corrected chi connectivity index (χ2v) is 8.25. The third-order valence-corrected chi connectivity index (χ3v) is 5.41. The van der Waals surface area contributed by atoms with Crippen LogP contribution < -0.4 is 15.5 Å². The van der Waals surface area contributed by atoms with Gasteiger partial charge in [0.25, 0.3) is 0 Å². The van der Waals surface area contributed by atoms with Crippen LogP contribution in [0.5, 0.6) is 0 Å². The third-order valence-electron chi connectivity index (χ3n) is 4.59. The van der Waals surface area contributed by atoms with Crippen molar-refractivity contribution in [2.75, 3.05) is 24.5 Å². The van der Waals surface area contributed by atoms with E-state index in [1.165, 1.54) is 5.56 Å². The summed E-state index contributed by atoms with van der Waals surface area (Å²) in [4.78, 5) is 10.9. The van der Waals surface area contributed by atoms with Crippen LogP contribution in [-0.4, -0.2) is 39.3 Å². The molecule has 0 aliphatic carbocycles. The number of thiocarbonyl (C=S) groups is 1. The van der Waals surface area contributed by atoms with Gasteiger partial charge in [-0.3, -0.25) is 0 Å². The van der Waals surface area contributed by atoms with E-state index in [-0.39, 0.29) is 34.0 Å². The summed E-state index contributed by atoms with van der Waals surface area (Å²) in [5.41, 5.74) is 1.26. The molecule has 32 heavy (non-hydrogen) atoms. The number of benzene rings is 1. The molecule has 0 unspecified atom stereocenters. The van der Waals surface area contributed by atoms with Gasteiger partial charge in [0, 0.05) is 55.8 Å². The summed E-state index contributed by atoms with van der Waals surface area (Å²) in [6, 6.07) is 14.5. The number of pyridine rings is 1. The highest BCUT2D eigenvalue weighted by Gasteiger charge is 2.08. The number of aromatic nitrogens is 3. The van der Waals surface area contributed by atoms with Crippen LogP contribution >= 0.6 is 62.1 Å². The van der Waals surface area contributed by atoms with Crippen LogP contribution in [-0.2, 0) is 13.1 Å². The van der Waals surface area contributed by atoms with Crippen molar-refractivity contribution in [2.45, 2.75) is 25.9 Å². The molecule has 2 N–H and O–H groups in total. The minimum absolute atomic E-state index is 0. The Kier molecular flexibility index (Phi) is 14.4. The molecule has 0 saturated carbocycles. The second-order valence-electron chi connectivity index (χ2n) is 6.93. The molecule has 10 heteroatoms. The first kappa shape index (κ1) is 28.5. The quantitative estimate of drug-likeness (QED) is 0.222. The third kappa shape index (κ3) is 10.4. The zero-order valence-corrected chi connectivity index (χ0v) is 23.5. The minimum atomic E-state index is 0. The van der Waals surface area contributed by atoms with Gasteiger partial charge in [-0.05, 0) is 54.9 Å². The van der Waals surface area contributed by atoms with Crippen LogP contribution in [0, 0.1) is 0 Å². The van der Waals surface area contributed by atoms with Crippen LogP contribution in [0.2, 0.25) is 0 Å². The first-order chi connectivity index (χ1) is 14.7. The van der Waals surface area contributed by atoms with E-state index >= 15 is 0 Å². The first-order valence-corrected chi connectivity index (χ1v) is 11.3. The summed E-state index contributed by atoms with van der Waals surface area (Å²) in [5, 5.41) is 7.28. The van der Waals surface area contributed by atoms with Gasteiger partial charge in [0.15, 0.2) is 5.11 Å². The summed E-state index contributed by atoms with van der Waals surface area (Å²) in [5.74, 6) is 0.987.